The molecule has 1 aromatic rings. The lowest BCUT2D eigenvalue weighted by Gasteiger charge is -2.35. The van der Waals surface area contributed by atoms with Crippen LogP contribution in [-0.2, 0) is 11.3 Å². The molecule has 6 nitrogen and oxygen atoms in total. The van der Waals surface area contributed by atoms with Crippen molar-refractivity contribution in [2.75, 3.05) is 26.2 Å². The van der Waals surface area contributed by atoms with Crippen LogP contribution in [0.25, 0.3) is 0 Å². The number of carbonyl (C=O) groups excluding carboxylic acids is 1. The Morgan fingerprint density at radius 3 is 2.50 bits per heavy atom. The van der Waals surface area contributed by atoms with E-state index in [4.69, 9.17) is 4.74 Å². The standard InChI is InChI=1S/C20H30N4O2/c1-5-11-22-20(21-6-2)23-12-17-7-9-18(10-8-17)19(25)24-13-15(3)26-16(4)14-24/h5,7-10,15-16H,1,6,11-14H2,2-4H3,(H2,21,22,23). The molecule has 1 aliphatic heterocycles. The zero-order chi connectivity index (χ0) is 18.9. The van der Waals surface area contributed by atoms with E-state index in [2.05, 4.69) is 22.2 Å². The Morgan fingerprint density at radius 1 is 1.27 bits per heavy atom. The number of guanidine groups is 1. The minimum Gasteiger partial charge on any atom is -0.372 e. The van der Waals surface area contributed by atoms with Crippen LogP contribution in [0.1, 0.15) is 36.7 Å². The van der Waals surface area contributed by atoms with Crippen LogP contribution >= 0.6 is 0 Å². The number of hydrogen-bond acceptors (Lipinski definition) is 3. The number of morpholine rings is 1. The number of ether oxygens (including phenoxy) is 1. The highest BCUT2D eigenvalue weighted by atomic mass is 16.5. The van der Waals surface area contributed by atoms with Crippen molar-refractivity contribution in [1.82, 2.24) is 15.5 Å². The molecule has 1 aromatic carbocycles. The maximum atomic E-state index is 12.7. The van der Waals surface area contributed by atoms with Crippen LogP contribution in [0, 0.1) is 0 Å². The molecule has 1 fully saturated rings. The van der Waals surface area contributed by atoms with Gasteiger partial charge in [-0.15, -0.1) is 6.58 Å². The van der Waals surface area contributed by atoms with Gasteiger partial charge in [0.15, 0.2) is 5.96 Å². The highest BCUT2D eigenvalue weighted by Crippen LogP contribution is 2.15. The van der Waals surface area contributed by atoms with Gasteiger partial charge in [0.2, 0.25) is 0 Å². The summed E-state index contributed by atoms with van der Waals surface area (Å²) < 4.78 is 5.70. The average molecular weight is 358 g/mol. The fourth-order valence-corrected chi connectivity index (χ4v) is 2.96. The quantitative estimate of drug-likeness (QED) is 0.465. The topological polar surface area (TPSA) is 66.0 Å². The van der Waals surface area contributed by atoms with Gasteiger partial charge in [-0.1, -0.05) is 18.2 Å². The first-order valence-corrected chi connectivity index (χ1v) is 9.20. The van der Waals surface area contributed by atoms with E-state index < -0.39 is 0 Å². The van der Waals surface area contributed by atoms with Crippen molar-refractivity contribution >= 4 is 11.9 Å². The summed E-state index contributed by atoms with van der Waals surface area (Å²) in [4.78, 5) is 19.1. The molecular weight excluding hydrogens is 328 g/mol. The lowest BCUT2D eigenvalue weighted by molar-refractivity contribution is -0.0586. The monoisotopic (exact) mass is 358 g/mol. The normalized spacial score (nSPS) is 20.6. The minimum absolute atomic E-state index is 0.0584. The molecule has 1 aliphatic rings. The number of nitrogens with zero attached hydrogens (tertiary/aromatic N) is 2. The summed E-state index contributed by atoms with van der Waals surface area (Å²) in [6, 6.07) is 7.67. The van der Waals surface area contributed by atoms with Gasteiger partial charge in [0.25, 0.3) is 5.91 Å². The van der Waals surface area contributed by atoms with E-state index in [0.29, 0.717) is 31.7 Å². The van der Waals surface area contributed by atoms with Crippen LogP contribution in [0.2, 0.25) is 0 Å². The molecule has 0 aliphatic carbocycles. The molecule has 2 unspecified atom stereocenters. The molecule has 0 aromatic heterocycles. The molecule has 142 valence electrons. The minimum atomic E-state index is 0.0584. The van der Waals surface area contributed by atoms with E-state index in [9.17, 15) is 4.79 Å². The van der Waals surface area contributed by atoms with Crippen LogP contribution in [0.15, 0.2) is 41.9 Å². The van der Waals surface area contributed by atoms with Gasteiger partial charge in [0.05, 0.1) is 18.8 Å². The third kappa shape index (κ3) is 5.88. The van der Waals surface area contributed by atoms with Crippen molar-refractivity contribution in [2.45, 2.75) is 39.5 Å². The number of rotatable bonds is 6. The number of aliphatic imine (C=N–C) groups is 1. The molecule has 0 spiro atoms. The van der Waals surface area contributed by atoms with Crippen LogP contribution in [-0.4, -0.2) is 55.2 Å². The molecular formula is C20H30N4O2. The molecule has 2 atom stereocenters. The Bertz CT molecular complexity index is 617. The number of nitrogens with one attached hydrogen (secondary N) is 2. The smallest absolute Gasteiger partial charge is 0.254 e. The third-order valence-corrected chi connectivity index (χ3v) is 4.09. The van der Waals surface area contributed by atoms with E-state index in [0.717, 1.165) is 18.1 Å². The average Bonchev–Trinajstić information content (AvgIpc) is 2.63. The van der Waals surface area contributed by atoms with Gasteiger partial charge in [-0.2, -0.15) is 0 Å². The highest BCUT2D eigenvalue weighted by molar-refractivity contribution is 5.94. The van der Waals surface area contributed by atoms with Gasteiger partial charge >= 0.3 is 0 Å². The summed E-state index contributed by atoms with van der Waals surface area (Å²) >= 11 is 0. The molecule has 0 radical (unpaired) electrons. The maximum absolute atomic E-state index is 12.7. The zero-order valence-electron chi connectivity index (χ0n) is 16.0. The van der Waals surface area contributed by atoms with Crippen molar-refractivity contribution in [3.05, 3.63) is 48.0 Å². The first kappa shape index (κ1) is 20.0. The predicted molar refractivity (Wildman–Crippen MR) is 105 cm³/mol. The second-order valence-corrected chi connectivity index (χ2v) is 6.53. The van der Waals surface area contributed by atoms with E-state index in [1.54, 1.807) is 6.08 Å². The number of amides is 1. The summed E-state index contributed by atoms with van der Waals surface area (Å²) in [5, 5.41) is 6.36. The summed E-state index contributed by atoms with van der Waals surface area (Å²) in [7, 11) is 0. The Kier molecular flexibility index (Phi) is 7.66. The van der Waals surface area contributed by atoms with Crippen LogP contribution in [0.5, 0.6) is 0 Å². The van der Waals surface area contributed by atoms with Crippen molar-refractivity contribution < 1.29 is 9.53 Å². The fourth-order valence-electron chi connectivity index (χ4n) is 2.96. The van der Waals surface area contributed by atoms with Gasteiger partial charge in [-0.25, -0.2) is 4.99 Å². The molecule has 2 rings (SSSR count). The van der Waals surface area contributed by atoms with Gasteiger partial charge < -0.3 is 20.3 Å². The van der Waals surface area contributed by atoms with Crippen LogP contribution in [0.3, 0.4) is 0 Å². The van der Waals surface area contributed by atoms with E-state index in [1.165, 1.54) is 0 Å². The summed E-state index contributed by atoms with van der Waals surface area (Å²) in [6.07, 6.45) is 1.94. The Hall–Kier alpha value is -2.34. The molecule has 0 saturated carbocycles. The number of benzene rings is 1. The molecule has 0 bridgehead atoms. The predicted octanol–water partition coefficient (Wildman–Crippen LogP) is 2.18. The second kappa shape index (κ2) is 9.97. The summed E-state index contributed by atoms with van der Waals surface area (Å²) in [6.45, 7) is 13.0. The third-order valence-electron chi connectivity index (χ3n) is 4.09. The maximum Gasteiger partial charge on any atom is 0.254 e. The molecule has 26 heavy (non-hydrogen) atoms. The first-order chi connectivity index (χ1) is 12.5. The van der Waals surface area contributed by atoms with Crippen molar-refractivity contribution in [3.8, 4) is 0 Å². The van der Waals surface area contributed by atoms with Crippen LogP contribution in [0.4, 0.5) is 0 Å². The molecule has 2 N–H and O–H groups in total. The zero-order valence-corrected chi connectivity index (χ0v) is 16.0. The van der Waals surface area contributed by atoms with Gasteiger partial charge in [-0.3, -0.25) is 4.79 Å². The summed E-state index contributed by atoms with van der Waals surface area (Å²) in [5.41, 5.74) is 1.76. The summed E-state index contributed by atoms with van der Waals surface area (Å²) in [5.74, 6) is 0.812. The van der Waals surface area contributed by atoms with Crippen LogP contribution < -0.4 is 10.6 Å². The molecule has 1 heterocycles. The Labute approximate surface area is 156 Å². The first-order valence-electron chi connectivity index (χ1n) is 9.20. The second-order valence-electron chi connectivity index (χ2n) is 6.53. The van der Waals surface area contributed by atoms with Gasteiger partial charge in [-0.05, 0) is 38.5 Å². The van der Waals surface area contributed by atoms with Crippen molar-refractivity contribution in [1.29, 1.82) is 0 Å². The fraction of sp³-hybridized carbons (Fsp3) is 0.500. The highest BCUT2D eigenvalue weighted by Gasteiger charge is 2.26. The molecule has 1 amide bonds. The van der Waals surface area contributed by atoms with Crippen molar-refractivity contribution in [3.63, 3.8) is 0 Å². The van der Waals surface area contributed by atoms with E-state index >= 15 is 0 Å². The number of hydrogen-bond donors (Lipinski definition) is 2. The SMILES string of the molecule is C=CCNC(=NCc1ccc(C(=O)N2CC(C)OC(C)C2)cc1)NCC. The molecule has 1 saturated heterocycles. The number of carbonyl (C=O) groups is 1. The largest absolute Gasteiger partial charge is 0.372 e. The van der Waals surface area contributed by atoms with Gasteiger partial charge in [0.1, 0.15) is 0 Å². The van der Waals surface area contributed by atoms with Crippen molar-refractivity contribution in [2.24, 2.45) is 4.99 Å². The molecule has 6 heteroatoms. The lowest BCUT2D eigenvalue weighted by Crippen LogP contribution is -2.48. The van der Waals surface area contributed by atoms with Gasteiger partial charge in [0, 0.05) is 31.7 Å². The Morgan fingerprint density at radius 2 is 1.92 bits per heavy atom. The van der Waals surface area contributed by atoms with E-state index in [1.807, 2.05) is 49.9 Å². The Balaban J connectivity index is 1.98. The van der Waals surface area contributed by atoms with E-state index in [-0.39, 0.29) is 18.1 Å². The lowest BCUT2D eigenvalue weighted by atomic mass is 10.1.